The molecule has 0 atom stereocenters. The normalized spacial score (nSPS) is 10.8. The van der Waals surface area contributed by atoms with Gasteiger partial charge in [0.1, 0.15) is 11.9 Å². The summed E-state index contributed by atoms with van der Waals surface area (Å²) in [4.78, 5) is 32.7. The Hall–Kier alpha value is -4.32. The number of aromatic nitrogens is 4. The van der Waals surface area contributed by atoms with Crippen molar-refractivity contribution in [3.63, 3.8) is 0 Å². The molecule has 33 heavy (non-hydrogen) atoms. The van der Waals surface area contributed by atoms with Gasteiger partial charge in [0.25, 0.3) is 5.56 Å². The molecule has 0 aliphatic heterocycles. The van der Waals surface area contributed by atoms with Crippen molar-refractivity contribution in [3.8, 4) is 29.0 Å². The highest BCUT2D eigenvalue weighted by molar-refractivity contribution is 5.77. The number of hydrogen-bond donors (Lipinski definition) is 1. The van der Waals surface area contributed by atoms with Gasteiger partial charge in [-0.1, -0.05) is 37.3 Å². The molecule has 0 aliphatic carbocycles. The smallest absolute Gasteiger partial charge is 0.330 e. The first-order valence-electron chi connectivity index (χ1n) is 10.5. The van der Waals surface area contributed by atoms with Crippen molar-refractivity contribution >= 4 is 11.2 Å². The van der Waals surface area contributed by atoms with E-state index in [1.54, 1.807) is 18.2 Å². The molecule has 168 valence electrons. The zero-order valence-electron chi connectivity index (χ0n) is 18.4. The van der Waals surface area contributed by atoms with Crippen LogP contribution in [0.4, 0.5) is 0 Å². The lowest BCUT2D eigenvalue weighted by molar-refractivity contribution is 0.330. The third-order valence-corrected chi connectivity index (χ3v) is 5.23. The number of nitriles is 1. The highest BCUT2D eigenvalue weighted by Crippen LogP contribution is 2.33. The molecule has 0 fully saturated rings. The number of H-pyrrole nitrogens is 1. The van der Waals surface area contributed by atoms with E-state index in [1.165, 1.54) is 11.7 Å². The largest absolute Gasteiger partial charge is 0.493 e. The van der Waals surface area contributed by atoms with Crippen LogP contribution in [0.2, 0.25) is 0 Å². The van der Waals surface area contributed by atoms with Crippen LogP contribution in [0.1, 0.15) is 18.9 Å². The lowest BCUT2D eigenvalue weighted by Crippen LogP contribution is -2.31. The Morgan fingerprint density at radius 1 is 1.09 bits per heavy atom. The van der Waals surface area contributed by atoms with Gasteiger partial charge in [0.05, 0.1) is 13.7 Å². The topological polar surface area (TPSA) is 115 Å². The van der Waals surface area contributed by atoms with Crippen molar-refractivity contribution in [2.24, 2.45) is 0 Å². The SMILES string of the molecule is CCCn1c(-c2ccc(OCC#N)c(OC)c2)nc2c1c(=O)[nH]c(=O)n2Cc1ccccc1. The van der Waals surface area contributed by atoms with Crippen LogP contribution in [-0.2, 0) is 13.1 Å². The fourth-order valence-electron chi connectivity index (χ4n) is 3.78. The lowest BCUT2D eigenvalue weighted by Gasteiger charge is -2.11. The number of nitrogens with one attached hydrogen (secondary N) is 1. The molecule has 0 spiro atoms. The van der Waals surface area contributed by atoms with Crippen molar-refractivity contribution < 1.29 is 9.47 Å². The van der Waals surface area contributed by atoms with Crippen molar-refractivity contribution in [2.45, 2.75) is 26.4 Å². The fraction of sp³-hybridized carbons (Fsp3) is 0.250. The van der Waals surface area contributed by atoms with E-state index in [4.69, 9.17) is 19.7 Å². The van der Waals surface area contributed by atoms with Crippen molar-refractivity contribution in [2.75, 3.05) is 13.7 Å². The zero-order chi connectivity index (χ0) is 23.4. The van der Waals surface area contributed by atoms with Gasteiger partial charge in [0, 0.05) is 12.1 Å². The fourth-order valence-corrected chi connectivity index (χ4v) is 3.78. The predicted molar refractivity (Wildman–Crippen MR) is 124 cm³/mol. The maximum Gasteiger partial charge on any atom is 0.330 e. The van der Waals surface area contributed by atoms with Gasteiger partial charge in [-0.3, -0.25) is 14.3 Å². The van der Waals surface area contributed by atoms with E-state index in [1.807, 2.05) is 47.9 Å². The summed E-state index contributed by atoms with van der Waals surface area (Å²) in [7, 11) is 1.51. The number of imidazole rings is 1. The number of methoxy groups -OCH3 is 1. The molecule has 4 rings (SSSR count). The van der Waals surface area contributed by atoms with Gasteiger partial charge < -0.3 is 14.0 Å². The van der Waals surface area contributed by atoms with Crippen molar-refractivity contribution in [1.29, 1.82) is 5.26 Å². The highest BCUT2D eigenvalue weighted by Gasteiger charge is 2.20. The number of fused-ring (bicyclic) bond motifs is 1. The van der Waals surface area contributed by atoms with Crippen LogP contribution in [0.5, 0.6) is 11.5 Å². The predicted octanol–water partition coefficient (Wildman–Crippen LogP) is 2.92. The summed E-state index contributed by atoms with van der Waals surface area (Å²) in [6.07, 6.45) is 0.760. The summed E-state index contributed by atoms with van der Waals surface area (Å²) >= 11 is 0. The summed E-state index contributed by atoms with van der Waals surface area (Å²) in [5.74, 6) is 1.41. The highest BCUT2D eigenvalue weighted by atomic mass is 16.5. The van der Waals surface area contributed by atoms with Crippen LogP contribution in [0.25, 0.3) is 22.6 Å². The molecule has 2 heterocycles. The van der Waals surface area contributed by atoms with Gasteiger partial charge in [-0.15, -0.1) is 0 Å². The molecule has 9 heteroatoms. The zero-order valence-corrected chi connectivity index (χ0v) is 18.4. The maximum absolute atomic E-state index is 12.8. The Morgan fingerprint density at radius 3 is 2.58 bits per heavy atom. The van der Waals surface area contributed by atoms with E-state index >= 15 is 0 Å². The Morgan fingerprint density at radius 2 is 1.88 bits per heavy atom. The minimum Gasteiger partial charge on any atom is -0.493 e. The molecule has 0 bridgehead atoms. The first-order chi connectivity index (χ1) is 16.1. The van der Waals surface area contributed by atoms with E-state index in [0.717, 1.165) is 12.0 Å². The van der Waals surface area contributed by atoms with Gasteiger partial charge in [0.2, 0.25) is 0 Å². The lowest BCUT2D eigenvalue weighted by atomic mass is 10.2. The molecule has 1 N–H and O–H groups in total. The van der Waals surface area contributed by atoms with Gasteiger partial charge in [-0.05, 0) is 30.2 Å². The molecule has 0 saturated carbocycles. The van der Waals surface area contributed by atoms with Crippen molar-refractivity contribution in [3.05, 3.63) is 74.9 Å². The van der Waals surface area contributed by atoms with Crippen molar-refractivity contribution in [1.82, 2.24) is 19.1 Å². The summed E-state index contributed by atoms with van der Waals surface area (Å²) < 4.78 is 14.1. The third-order valence-electron chi connectivity index (χ3n) is 5.23. The van der Waals surface area contributed by atoms with Crippen LogP contribution >= 0.6 is 0 Å². The first kappa shape index (κ1) is 21.9. The minimum atomic E-state index is -0.512. The second kappa shape index (κ2) is 9.44. The monoisotopic (exact) mass is 445 g/mol. The number of rotatable bonds is 8. The second-order valence-corrected chi connectivity index (χ2v) is 7.40. The quantitative estimate of drug-likeness (QED) is 0.446. The molecule has 2 aromatic carbocycles. The van der Waals surface area contributed by atoms with Gasteiger partial charge in [-0.2, -0.15) is 5.26 Å². The molecule has 0 amide bonds. The molecule has 4 aromatic rings. The molecule has 0 radical (unpaired) electrons. The Bertz CT molecular complexity index is 1440. The molecule has 0 unspecified atom stereocenters. The van der Waals surface area contributed by atoms with E-state index in [0.29, 0.717) is 40.6 Å². The first-order valence-corrected chi connectivity index (χ1v) is 10.5. The third kappa shape index (κ3) is 4.23. The molecule has 0 aliphatic rings. The van der Waals surface area contributed by atoms with E-state index in [9.17, 15) is 9.59 Å². The number of aromatic amines is 1. The molecular weight excluding hydrogens is 422 g/mol. The summed E-state index contributed by atoms with van der Waals surface area (Å²) in [6, 6.07) is 16.7. The molecule has 2 aromatic heterocycles. The summed E-state index contributed by atoms with van der Waals surface area (Å²) in [5, 5.41) is 8.79. The average Bonchev–Trinajstić information content (AvgIpc) is 3.21. The molecule has 9 nitrogen and oxygen atoms in total. The van der Waals surface area contributed by atoms with Crippen LogP contribution in [0, 0.1) is 11.3 Å². The van der Waals surface area contributed by atoms with E-state index in [2.05, 4.69) is 4.98 Å². The maximum atomic E-state index is 12.8. The van der Waals surface area contributed by atoms with Crippen LogP contribution < -0.4 is 20.7 Å². The van der Waals surface area contributed by atoms with Crippen LogP contribution in [-0.4, -0.2) is 32.8 Å². The van der Waals surface area contributed by atoms with Gasteiger partial charge in [0.15, 0.2) is 29.3 Å². The molecular formula is C24H23N5O4. The van der Waals surface area contributed by atoms with E-state index in [-0.39, 0.29) is 13.2 Å². The summed E-state index contributed by atoms with van der Waals surface area (Å²) in [6.45, 7) is 2.71. The number of nitrogens with zero attached hydrogens (tertiary/aromatic N) is 4. The average molecular weight is 445 g/mol. The Labute approximate surface area is 189 Å². The molecule has 0 saturated heterocycles. The van der Waals surface area contributed by atoms with Gasteiger partial charge in [-0.25, -0.2) is 9.78 Å². The number of ether oxygens (including phenoxy) is 2. The number of hydrogen-bond acceptors (Lipinski definition) is 6. The standard InChI is InChI=1S/C24H23N5O4/c1-3-12-28-20-22(29(24(31)27-23(20)30)15-16-7-5-4-6-8-16)26-21(28)17-9-10-18(33-13-11-25)19(14-17)32-2/h4-10,14H,3,12-13,15H2,1-2H3,(H,27,30,31). The van der Waals surface area contributed by atoms with Crippen LogP contribution in [0.3, 0.4) is 0 Å². The van der Waals surface area contributed by atoms with E-state index < -0.39 is 11.2 Å². The summed E-state index contributed by atoms with van der Waals surface area (Å²) in [5.41, 5.74) is 1.28. The second-order valence-electron chi connectivity index (χ2n) is 7.40. The van der Waals surface area contributed by atoms with Crippen LogP contribution in [0.15, 0.2) is 58.1 Å². The minimum absolute atomic E-state index is 0.106. The van der Waals surface area contributed by atoms with Gasteiger partial charge >= 0.3 is 5.69 Å². The number of aryl methyl sites for hydroxylation is 1. The number of benzene rings is 2. The Balaban J connectivity index is 1.92. The Kier molecular flexibility index (Phi) is 6.26.